The maximum Gasteiger partial charge on any atom is 0.338 e. The molecule has 0 spiro atoms. The third-order valence-electron chi connectivity index (χ3n) is 3.35. The third kappa shape index (κ3) is 2.39. The lowest BCUT2D eigenvalue weighted by atomic mass is 9.92. The molecule has 0 bridgehead atoms. The van der Waals surface area contributed by atoms with E-state index in [1.165, 1.54) is 12.3 Å². The molecule has 7 heteroatoms. The van der Waals surface area contributed by atoms with Gasteiger partial charge in [0.1, 0.15) is 5.02 Å². The molecule has 0 saturated heterocycles. The van der Waals surface area contributed by atoms with Gasteiger partial charge in [-0.2, -0.15) is 0 Å². The highest BCUT2D eigenvalue weighted by Crippen LogP contribution is 2.50. The average Bonchev–Trinajstić information content (AvgIpc) is 3.07. The zero-order valence-corrected chi connectivity index (χ0v) is 12.3. The fraction of sp³-hybridized carbons (Fsp3) is 0. The molecular formula is C16H10ClNO5. The number of benzene rings is 2. The van der Waals surface area contributed by atoms with Crippen LogP contribution in [0.15, 0.2) is 47.1 Å². The molecule has 116 valence electrons. The zero-order valence-electron chi connectivity index (χ0n) is 11.5. The summed E-state index contributed by atoms with van der Waals surface area (Å²) in [6.45, 7) is 0. The molecule has 6 nitrogen and oxygen atoms in total. The van der Waals surface area contributed by atoms with Gasteiger partial charge in [-0.15, -0.1) is 0 Å². The Hall–Kier alpha value is -2.99. The molecule has 0 amide bonds. The number of hydrogen-bond donors (Lipinski definition) is 3. The first-order valence-electron chi connectivity index (χ1n) is 6.49. The number of carbonyl (C=O) groups is 1. The van der Waals surface area contributed by atoms with E-state index in [9.17, 15) is 20.1 Å². The van der Waals surface area contributed by atoms with Crippen LogP contribution in [0.4, 0.5) is 0 Å². The van der Waals surface area contributed by atoms with Crippen molar-refractivity contribution < 1.29 is 24.6 Å². The Morgan fingerprint density at radius 3 is 2.30 bits per heavy atom. The first-order valence-corrected chi connectivity index (χ1v) is 6.87. The maximum atomic E-state index is 11.6. The Morgan fingerprint density at radius 1 is 1.04 bits per heavy atom. The van der Waals surface area contributed by atoms with E-state index >= 15 is 0 Å². The van der Waals surface area contributed by atoms with E-state index in [2.05, 4.69) is 5.16 Å². The SMILES string of the molecule is O=C(O)c1c(Cl)c(O)c(O)c(-c2ccccc2)c1-c1ccno1. The van der Waals surface area contributed by atoms with Crippen LogP contribution < -0.4 is 0 Å². The molecule has 0 atom stereocenters. The molecule has 0 aliphatic rings. The molecule has 0 unspecified atom stereocenters. The van der Waals surface area contributed by atoms with E-state index < -0.39 is 22.5 Å². The predicted octanol–water partition coefficient (Wildman–Crippen LogP) is 3.77. The number of aromatic hydroxyl groups is 2. The number of nitrogens with zero attached hydrogens (tertiary/aromatic N) is 1. The van der Waals surface area contributed by atoms with Crippen LogP contribution >= 0.6 is 11.6 Å². The summed E-state index contributed by atoms with van der Waals surface area (Å²) in [6, 6.07) is 9.96. The molecule has 0 fully saturated rings. The quantitative estimate of drug-likeness (QED) is 0.631. The molecule has 0 radical (unpaired) electrons. The second-order valence-corrected chi connectivity index (χ2v) is 5.06. The third-order valence-corrected chi connectivity index (χ3v) is 3.72. The van der Waals surface area contributed by atoms with Gasteiger partial charge in [-0.1, -0.05) is 47.1 Å². The van der Waals surface area contributed by atoms with Gasteiger partial charge in [0, 0.05) is 17.2 Å². The van der Waals surface area contributed by atoms with Gasteiger partial charge in [-0.25, -0.2) is 4.79 Å². The van der Waals surface area contributed by atoms with E-state index in [0.29, 0.717) is 5.56 Å². The second kappa shape index (κ2) is 5.66. The normalized spacial score (nSPS) is 10.7. The minimum atomic E-state index is -1.37. The van der Waals surface area contributed by atoms with E-state index in [-0.39, 0.29) is 22.5 Å². The van der Waals surface area contributed by atoms with Gasteiger partial charge >= 0.3 is 5.97 Å². The van der Waals surface area contributed by atoms with Crippen LogP contribution in [0.5, 0.6) is 11.5 Å². The molecule has 1 heterocycles. The number of halogens is 1. The monoisotopic (exact) mass is 331 g/mol. The number of aromatic nitrogens is 1. The zero-order chi connectivity index (χ0) is 16.6. The molecule has 0 saturated carbocycles. The lowest BCUT2D eigenvalue weighted by molar-refractivity contribution is 0.0697. The Bertz CT molecular complexity index is 875. The highest BCUT2D eigenvalue weighted by atomic mass is 35.5. The van der Waals surface area contributed by atoms with Crippen LogP contribution in [0.1, 0.15) is 10.4 Å². The van der Waals surface area contributed by atoms with Crippen molar-refractivity contribution in [3.8, 4) is 33.9 Å². The highest BCUT2D eigenvalue weighted by molar-refractivity contribution is 6.36. The summed E-state index contributed by atoms with van der Waals surface area (Å²) in [5.41, 5.74) is 0.256. The fourth-order valence-corrected chi connectivity index (χ4v) is 2.64. The van der Waals surface area contributed by atoms with Gasteiger partial charge in [0.25, 0.3) is 0 Å². The largest absolute Gasteiger partial charge is 0.504 e. The second-order valence-electron chi connectivity index (χ2n) is 4.68. The summed E-state index contributed by atoms with van der Waals surface area (Å²) in [6.07, 6.45) is 1.34. The Labute approximate surface area is 135 Å². The van der Waals surface area contributed by atoms with Crippen molar-refractivity contribution in [2.24, 2.45) is 0 Å². The van der Waals surface area contributed by atoms with Crippen molar-refractivity contribution in [3.63, 3.8) is 0 Å². The summed E-state index contributed by atoms with van der Waals surface area (Å²) >= 11 is 5.92. The number of hydrogen-bond acceptors (Lipinski definition) is 5. The van der Waals surface area contributed by atoms with Gasteiger partial charge in [0.2, 0.25) is 0 Å². The average molecular weight is 332 g/mol. The minimum Gasteiger partial charge on any atom is -0.504 e. The summed E-state index contributed by atoms with van der Waals surface area (Å²) in [4.78, 5) is 11.6. The van der Waals surface area contributed by atoms with Gasteiger partial charge in [-0.05, 0) is 5.56 Å². The molecule has 3 aromatic rings. The van der Waals surface area contributed by atoms with Gasteiger partial charge < -0.3 is 19.8 Å². The highest BCUT2D eigenvalue weighted by Gasteiger charge is 2.29. The van der Waals surface area contributed by atoms with Crippen LogP contribution in [0.25, 0.3) is 22.5 Å². The number of carboxylic acids is 1. The van der Waals surface area contributed by atoms with E-state index in [0.717, 1.165) is 0 Å². The van der Waals surface area contributed by atoms with Crippen LogP contribution in [0, 0.1) is 0 Å². The van der Waals surface area contributed by atoms with Crippen LogP contribution in [-0.4, -0.2) is 26.4 Å². The van der Waals surface area contributed by atoms with Crippen molar-refractivity contribution in [2.45, 2.75) is 0 Å². The molecule has 23 heavy (non-hydrogen) atoms. The molecule has 3 rings (SSSR count). The van der Waals surface area contributed by atoms with E-state index in [4.69, 9.17) is 16.1 Å². The Morgan fingerprint density at radius 2 is 1.74 bits per heavy atom. The van der Waals surface area contributed by atoms with Crippen molar-refractivity contribution >= 4 is 17.6 Å². The summed E-state index contributed by atoms with van der Waals surface area (Å²) in [5.74, 6) is -2.49. The summed E-state index contributed by atoms with van der Waals surface area (Å²) in [5, 5.41) is 32.9. The van der Waals surface area contributed by atoms with Crippen molar-refractivity contribution in [1.29, 1.82) is 0 Å². The van der Waals surface area contributed by atoms with Crippen LogP contribution in [0.3, 0.4) is 0 Å². The van der Waals surface area contributed by atoms with E-state index in [1.807, 2.05) is 0 Å². The van der Waals surface area contributed by atoms with Crippen LogP contribution in [0.2, 0.25) is 5.02 Å². The lowest BCUT2D eigenvalue weighted by Gasteiger charge is -2.16. The summed E-state index contributed by atoms with van der Waals surface area (Å²) in [7, 11) is 0. The number of carboxylic acid groups (broad SMARTS) is 1. The van der Waals surface area contributed by atoms with Crippen molar-refractivity contribution in [1.82, 2.24) is 5.16 Å². The van der Waals surface area contributed by atoms with Crippen LogP contribution in [-0.2, 0) is 0 Å². The standard InChI is InChI=1S/C16H10ClNO5/c17-13-12(16(21)22)11(9-6-7-18-23-9)10(14(19)15(13)20)8-4-2-1-3-5-8/h1-7,19-20H,(H,21,22). The molecular weight excluding hydrogens is 322 g/mol. The summed E-state index contributed by atoms with van der Waals surface area (Å²) < 4.78 is 5.06. The lowest BCUT2D eigenvalue weighted by Crippen LogP contribution is -2.03. The predicted molar refractivity (Wildman–Crippen MR) is 82.7 cm³/mol. The first kappa shape index (κ1) is 14.9. The number of aromatic carboxylic acids is 1. The number of phenolic OH excluding ortho intramolecular Hbond substituents is 2. The molecule has 3 N–H and O–H groups in total. The molecule has 0 aliphatic carbocycles. The topological polar surface area (TPSA) is 104 Å². The molecule has 1 aromatic heterocycles. The number of rotatable bonds is 3. The molecule has 0 aliphatic heterocycles. The maximum absolute atomic E-state index is 11.6. The minimum absolute atomic E-state index is 0.0431. The Kier molecular flexibility index (Phi) is 3.67. The molecule has 2 aromatic carbocycles. The van der Waals surface area contributed by atoms with Gasteiger partial charge in [0.05, 0.1) is 11.8 Å². The van der Waals surface area contributed by atoms with Gasteiger partial charge in [0.15, 0.2) is 17.3 Å². The number of phenols is 2. The first-order chi connectivity index (χ1) is 11.0. The Balaban J connectivity index is 2.50. The fourth-order valence-electron chi connectivity index (χ4n) is 2.37. The van der Waals surface area contributed by atoms with E-state index in [1.54, 1.807) is 30.3 Å². The van der Waals surface area contributed by atoms with Crippen molar-refractivity contribution in [2.75, 3.05) is 0 Å². The van der Waals surface area contributed by atoms with Crippen molar-refractivity contribution in [3.05, 3.63) is 53.2 Å². The van der Waals surface area contributed by atoms with Gasteiger partial charge in [-0.3, -0.25) is 0 Å². The smallest absolute Gasteiger partial charge is 0.338 e.